The van der Waals surface area contributed by atoms with E-state index in [1.54, 1.807) is 6.08 Å². The summed E-state index contributed by atoms with van der Waals surface area (Å²) in [4.78, 5) is 0. The Labute approximate surface area is 137 Å². The Morgan fingerprint density at radius 3 is 2.87 bits per heavy atom. The highest BCUT2D eigenvalue weighted by atomic mass is 32.2. The first-order valence-electron chi connectivity index (χ1n) is 7.40. The lowest BCUT2D eigenvalue weighted by molar-refractivity contribution is 0.198. The molecule has 1 N–H and O–H groups in total. The Bertz CT molecular complexity index is 715. The highest BCUT2D eigenvalue weighted by Crippen LogP contribution is 2.40. The second-order valence-corrected chi connectivity index (χ2v) is 6.49. The summed E-state index contributed by atoms with van der Waals surface area (Å²) < 4.78 is 28.9. The molecular weight excluding hydrogens is 320 g/mol. The van der Waals surface area contributed by atoms with Gasteiger partial charge in [0.15, 0.2) is 5.16 Å². The Morgan fingerprint density at radius 2 is 2.17 bits per heavy atom. The molecule has 1 aliphatic rings. The zero-order valence-corrected chi connectivity index (χ0v) is 13.3. The second kappa shape index (κ2) is 6.80. The number of rotatable bonds is 7. The Kier molecular flexibility index (Phi) is 4.77. The third kappa shape index (κ3) is 3.61. The van der Waals surface area contributed by atoms with Crippen LogP contribution < -0.4 is 0 Å². The minimum Gasteiger partial charge on any atom is -0.387 e. The van der Waals surface area contributed by atoms with Crippen molar-refractivity contribution in [2.45, 2.75) is 36.6 Å². The fourth-order valence-electron chi connectivity index (χ4n) is 2.36. The zero-order valence-electron chi connectivity index (χ0n) is 12.5. The first-order valence-corrected chi connectivity index (χ1v) is 8.38. The van der Waals surface area contributed by atoms with Crippen molar-refractivity contribution in [1.82, 2.24) is 14.8 Å². The van der Waals surface area contributed by atoms with E-state index >= 15 is 0 Å². The van der Waals surface area contributed by atoms with Crippen molar-refractivity contribution in [3.05, 3.63) is 53.9 Å². The van der Waals surface area contributed by atoms with Crippen molar-refractivity contribution < 1.29 is 13.9 Å². The minimum absolute atomic E-state index is 0.0466. The van der Waals surface area contributed by atoms with Crippen molar-refractivity contribution in [2.75, 3.05) is 5.75 Å². The lowest BCUT2D eigenvalue weighted by atomic mass is 10.1. The molecule has 0 aliphatic heterocycles. The molecule has 0 saturated heterocycles. The van der Waals surface area contributed by atoms with Gasteiger partial charge < -0.3 is 9.67 Å². The van der Waals surface area contributed by atoms with Gasteiger partial charge in [-0.25, -0.2) is 8.78 Å². The van der Waals surface area contributed by atoms with Gasteiger partial charge in [0, 0.05) is 23.8 Å². The molecule has 0 spiro atoms. The molecule has 1 atom stereocenters. The standard InChI is InChI=1S/C16H17F2N3OS/c1-2-7-21-15(10-3-4-10)19-20-16(21)23-9-14(22)12-8-11(17)5-6-13(12)18/h2,5-6,8,10,14,22H,1,3-4,7,9H2. The van der Waals surface area contributed by atoms with Crippen LogP contribution in [0.3, 0.4) is 0 Å². The molecule has 3 rings (SSSR count). The normalized spacial score (nSPS) is 15.6. The lowest BCUT2D eigenvalue weighted by Gasteiger charge is -2.12. The van der Waals surface area contributed by atoms with E-state index in [0.717, 1.165) is 36.9 Å². The molecule has 122 valence electrons. The van der Waals surface area contributed by atoms with Gasteiger partial charge in [-0.05, 0) is 31.0 Å². The van der Waals surface area contributed by atoms with Crippen LogP contribution in [0, 0.1) is 11.6 Å². The third-order valence-electron chi connectivity index (χ3n) is 3.69. The number of hydrogen-bond donors (Lipinski definition) is 1. The first-order chi connectivity index (χ1) is 11.1. The van der Waals surface area contributed by atoms with Crippen LogP contribution in [0.25, 0.3) is 0 Å². The maximum atomic E-state index is 13.7. The molecule has 1 aromatic carbocycles. The maximum absolute atomic E-state index is 13.7. The molecule has 1 unspecified atom stereocenters. The topological polar surface area (TPSA) is 50.9 Å². The van der Waals surface area contributed by atoms with Gasteiger partial charge >= 0.3 is 0 Å². The largest absolute Gasteiger partial charge is 0.387 e. The summed E-state index contributed by atoms with van der Waals surface area (Å²) >= 11 is 1.27. The van der Waals surface area contributed by atoms with Crippen molar-refractivity contribution >= 4 is 11.8 Å². The van der Waals surface area contributed by atoms with Crippen LogP contribution in [0.2, 0.25) is 0 Å². The van der Waals surface area contributed by atoms with E-state index in [1.807, 2.05) is 4.57 Å². The minimum atomic E-state index is -1.12. The van der Waals surface area contributed by atoms with E-state index in [0.29, 0.717) is 17.6 Å². The highest BCUT2D eigenvalue weighted by molar-refractivity contribution is 7.99. The van der Waals surface area contributed by atoms with E-state index in [1.165, 1.54) is 11.8 Å². The molecule has 0 amide bonds. The van der Waals surface area contributed by atoms with Crippen LogP contribution in [0.1, 0.15) is 36.3 Å². The SMILES string of the molecule is C=CCn1c(SCC(O)c2cc(F)ccc2F)nnc1C1CC1. The van der Waals surface area contributed by atoms with Gasteiger partial charge in [-0.2, -0.15) is 0 Å². The average molecular weight is 337 g/mol. The van der Waals surface area contributed by atoms with E-state index in [2.05, 4.69) is 16.8 Å². The van der Waals surface area contributed by atoms with Crippen LogP contribution in [0.5, 0.6) is 0 Å². The summed E-state index contributed by atoms with van der Waals surface area (Å²) in [6.45, 7) is 4.32. The maximum Gasteiger partial charge on any atom is 0.191 e. The number of thioether (sulfide) groups is 1. The number of hydrogen-bond acceptors (Lipinski definition) is 4. The molecule has 4 nitrogen and oxygen atoms in total. The summed E-state index contributed by atoms with van der Waals surface area (Å²) in [6.07, 6.45) is 2.87. The Hall–Kier alpha value is -1.73. The fourth-order valence-corrected chi connectivity index (χ4v) is 3.27. The summed E-state index contributed by atoms with van der Waals surface area (Å²) in [5.74, 6) is 0.351. The van der Waals surface area contributed by atoms with Gasteiger partial charge in [-0.3, -0.25) is 0 Å². The van der Waals surface area contributed by atoms with Gasteiger partial charge in [-0.15, -0.1) is 16.8 Å². The molecule has 2 aromatic rings. The smallest absolute Gasteiger partial charge is 0.191 e. The van der Waals surface area contributed by atoms with Crippen LogP contribution >= 0.6 is 11.8 Å². The fraction of sp³-hybridized carbons (Fsp3) is 0.375. The number of halogens is 2. The van der Waals surface area contributed by atoms with Gasteiger partial charge in [0.05, 0.1) is 6.10 Å². The van der Waals surface area contributed by atoms with E-state index in [-0.39, 0.29) is 11.3 Å². The summed E-state index contributed by atoms with van der Waals surface area (Å²) in [6, 6.07) is 3.07. The van der Waals surface area contributed by atoms with Crippen molar-refractivity contribution in [3.63, 3.8) is 0 Å². The Balaban J connectivity index is 1.72. The van der Waals surface area contributed by atoms with Crippen molar-refractivity contribution in [1.29, 1.82) is 0 Å². The molecule has 1 fully saturated rings. The number of aromatic nitrogens is 3. The molecule has 1 aliphatic carbocycles. The predicted molar refractivity (Wildman–Crippen MR) is 84.2 cm³/mol. The Morgan fingerprint density at radius 1 is 1.39 bits per heavy atom. The van der Waals surface area contributed by atoms with Gasteiger partial charge in [0.2, 0.25) is 0 Å². The zero-order chi connectivity index (χ0) is 16.4. The summed E-state index contributed by atoms with van der Waals surface area (Å²) in [7, 11) is 0. The predicted octanol–water partition coefficient (Wildman–Crippen LogP) is 3.45. The number of aliphatic hydroxyl groups is 1. The van der Waals surface area contributed by atoms with Crippen molar-refractivity contribution in [2.24, 2.45) is 0 Å². The van der Waals surface area contributed by atoms with E-state index in [4.69, 9.17) is 0 Å². The van der Waals surface area contributed by atoms with Crippen LogP contribution in [0.15, 0.2) is 36.0 Å². The van der Waals surface area contributed by atoms with Crippen LogP contribution in [0.4, 0.5) is 8.78 Å². The van der Waals surface area contributed by atoms with Gasteiger partial charge in [0.25, 0.3) is 0 Å². The molecule has 23 heavy (non-hydrogen) atoms. The molecule has 7 heteroatoms. The number of allylic oxidation sites excluding steroid dienone is 1. The second-order valence-electron chi connectivity index (χ2n) is 5.51. The molecular formula is C16H17F2N3OS. The monoisotopic (exact) mass is 337 g/mol. The molecule has 0 bridgehead atoms. The van der Waals surface area contributed by atoms with E-state index in [9.17, 15) is 13.9 Å². The summed E-state index contributed by atoms with van der Waals surface area (Å²) in [5.41, 5.74) is -0.0466. The first kappa shape index (κ1) is 16.1. The molecule has 0 radical (unpaired) electrons. The van der Waals surface area contributed by atoms with Crippen LogP contribution in [-0.2, 0) is 6.54 Å². The highest BCUT2D eigenvalue weighted by Gasteiger charge is 2.30. The molecule has 1 heterocycles. The lowest BCUT2D eigenvalue weighted by Crippen LogP contribution is -2.07. The number of nitrogens with zero attached hydrogens (tertiary/aromatic N) is 3. The molecule has 1 saturated carbocycles. The number of aliphatic hydroxyl groups excluding tert-OH is 1. The van der Waals surface area contributed by atoms with E-state index < -0.39 is 17.7 Å². The average Bonchev–Trinajstić information content (AvgIpc) is 3.30. The van der Waals surface area contributed by atoms with Gasteiger partial charge in [0.1, 0.15) is 17.5 Å². The van der Waals surface area contributed by atoms with Crippen LogP contribution in [-0.4, -0.2) is 25.6 Å². The quantitative estimate of drug-likeness (QED) is 0.621. The van der Waals surface area contributed by atoms with Crippen molar-refractivity contribution in [3.8, 4) is 0 Å². The number of benzene rings is 1. The summed E-state index contributed by atoms with van der Waals surface area (Å²) in [5, 5.41) is 19.1. The van der Waals surface area contributed by atoms with Gasteiger partial charge in [-0.1, -0.05) is 17.8 Å². The molecule has 1 aromatic heterocycles. The third-order valence-corrected chi connectivity index (χ3v) is 4.73.